The van der Waals surface area contributed by atoms with Gasteiger partial charge in [-0.15, -0.1) is 0 Å². The number of hydrogen-bond acceptors (Lipinski definition) is 2. The van der Waals surface area contributed by atoms with Crippen LogP contribution in [-0.4, -0.2) is 23.6 Å². The highest BCUT2D eigenvalue weighted by Gasteiger charge is 2.31. The highest BCUT2D eigenvalue weighted by molar-refractivity contribution is 8.00. The maximum Gasteiger partial charge on any atom is 0.0276 e. The standard InChI is InChI=1S/C15H31NS/c1-6-15(7-2,17-5)11-16-14-12(3)9-8-10-13(14)4/h12-14,16H,6-11H2,1-5H3. The van der Waals surface area contributed by atoms with Crippen LogP contribution in [0.1, 0.15) is 59.8 Å². The van der Waals surface area contributed by atoms with Crippen molar-refractivity contribution in [2.24, 2.45) is 11.8 Å². The van der Waals surface area contributed by atoms with Crippen LogP contribution in [0.5, 0.6) is 0 Å². The highest BCUT2D eigenvalue weighted by Crippen LogP contribution is 2.32. The highest BCUT2D eigenvalue weighted by atomic mass is 32.2. The van der Waals surface area contributed by atoms with Crippen molar-refractivity contribution < 1.29 is 0 Å². The van der Waals surface area contributed by atoms with Crippen LogP contribution in [0.3, 0.4) is 0 Å². The van der Waals surface area contributed by atoms with Gasteiger partial charge in [0.25, 0.3) is 0 Å². The molecule has 0 amide bonds. The summed E-state index contributed by atoms with van der Waals surface area (Å²) in [7, 11) is 0. The monoisotopic (exact) mass is 257 g/mol. The number of rotatable bonds is 6. The lowest BCUT2D eigenvalue weighted by atomic mass is 9.78. The smallest absolute Gasteiger partial charge is 0.0276 e. The van der Waals surface area contributed by atoms with Gasteiger partial charge in [0, 0.05) is 17.3 Å². The van der Waals surface area contributed by atoms with Crippen LogP contribution in [0.25, 0.3) is 0 Å². The minimum Gasteiger partial charge on any atom is -0.312 e. The third-order valence-corrected chi connectivity index (χ3v) is 6.51. The van der Waals surface area contributed by atoms with Crippen LogP contribution >= 0.6 is 11.8 Å². The second kappa shape index (κ2) is 7.04. The van der Waals surface area contributed by atoms with Gasteiger partial charge in [-0.3, -0.25) is 0 Å². The zero-order valence-corrected chi connectivity index (χ0v) is 13.2. The lowest BCUT2D eigenvalue weighted by Gasteiger charge is -2.39. The Bertz CT molecular complexity index is 195. The molecule has 0 heterocycles. The van der Waals surface area contributed by atoms with E-state index in [0.29, 0.717) is 4.75 Å². The average Bonchev–Trinajstić information content (AvgIpc) is 2.34. The fraction of sp³-hybridized carbons (Fsp3) is 1.00. The molecule has 1 aliphatic carbocycles. The van der Waals surface area contributed by atoms with E-state index in [0.717, 1.165) is 17.9 Å². The van der Waals surface area contributed by atoms with Gasteiger partial charge in [-0.1, -0.05) is 34.1 Å². The van der Waals surface area contributed by atoms with Gasteiger partial charge in [-0.05, 0) is 43.8 Å². The van der Waals surface area contributed by atoms with Crippen molar-refractivity contribution in [3.8, 4) is 0 Å². The minimum atomic E-state index is 0.455. The molecule has 2 atom stereocenters. The van der Waals surface area contributed by atoms with Gasteiger partial charge in [0.05, 0.1) is 0 Å². The van der Waals surface area contributed by atoms with Crippen molar-refractivity contribution in [1.82, 2.24) is 5.32 Å². The fourth-order valence-electron chi connectivity index (χ4n) is 3.25. The van der Waals surface area contributed by atoms with E-state index >= 15 is 0 Å². The average molecular weight is 257 g/mol. The predicted octanol–water partition coefficient (Wildman–Crippen LogP) is 4.32. The molecule has 2 unspecified atom stereocenters. The molecular formula is C15H31NS. The number of nitrogens with one attached hydrogen (secondary N) is 1. The second-order valence-corrected chi connectivity index (χ2v) is 7.16. The Labute approximate surface area is 113 Å². The van der Waals surface area contributed by atoms with Gasteiger partial charge in [0.2, 0.25) is 0 Å². The molecule has 0 radical (unpaired) electrons. The van der Waals surface area contributed by atoms with E-state index in [9.17, 15) is 0 Å². The Kier molecular flexibility index (Phi) is 6.36. The topological polar surface area (TPSA) is 12.0 Å². The first-order valence-electron chi connectivity index (χ1n) is 7.37. The first-order valence-corrected chi connectivity index (χ1v) is 8.59. The van der Waals surface area contributed by atoms with E-state index < -0.39 is 0 Å². The summed E-state index contributed by atoms with van der Waals surface area (Å²) in [5.41, 5.74) is 0. The van der Waals surface area contributed by atoms with Crippen LogP contribution in [0, 0.1) is 11.8 Å². The third-order valence-electron chi connectivity index (χ3n) is 4.93. The van der Waals surface area contributed by atoms with Crippen molar-refractivity contribution >= 4 is 11.8 Å². The maximum absolute atomic E-state index is 3.89. The predicted molar refractivity (Wildman–Crippen MR) is 80.8 cm³/mol. The fourth-order valence-corrected chi connectivity index (χ4v) is 4.05. The summed E-state index contributed by atoms with van der Waals surface area (Å²) in [6, 6.07) is 0.744. The molecule has 1 fully saturated rings. The van der Waals surface area contributed by atoms with Crippen molar-refractivity contribution in [1.29, 1.82) is 0 Å². The molecule has 102 valence electrons. The third kappa shape index (κ3) is 3.89. The Morgan fingerprint density at radius 3 is 2.06 bits per heavy atom. The molecule has 0 saturated heterocycles. The zero-order valence-electron chi connectivity index (χ0n) is 12.4. The molecule has 1 rings (SSSR count). The van der Waals surface area contributed by atoms with Crippen LogP contribution < -0.4 is 5.32 Å². The first kappa shape index (κ1) is 15.4. The van der Waals surface area contributed by atoms with Gasteiger partial charge >= 0.3 is 0 Å². The van der Waals surface area contributed by atoms with E-state index in [1.807, 2.05) is 11.8 Å². The molecule has 0 aromatic carbocycles. The summed E-state index contributed by atoms with van der Waals surface area (Å²) in [6.45, 7) is 10.7. The lowest BCUT2D eigenvalue weighted by molar-refractivity contribution is 0.203. The van der Waals surface area contributed by atoms with Crippen molar-refractivity contribution in [3.63, 3.8) is 0 Å². The molecule has 1 saturated carbocycles. The van der Waals surface area contributed by atoms with Gasteiger partial charge in [0.1, 0.15) is 0 Å². The Morgan fingerprint density at radius 2 is 1.65 bits per heavy atom. The first-order chi connectivity index (χ1) is 8.08. The van der Waals surface area contributed by atoms with E-state index in [1.165, 1.54) is 38.6 Å². The molecule has 1 N–H and O–H groups in total. The Morgan fingerprint density at radius 1 is 1.12 bits per heavy atom. The minimum absolute atomic E-state index is 0.455. The van der Waals surface area contributed by atoms with Gasteiger partial charge in [0.15, 0.2) is 0 Å². The van der Waals surface area contributed by atoms with Crippen molar-refractivity contribution in [3.05, 3.63) is 0 Å². The van der Waals surface area contributed by atoms with E-state index in [2.05, 4.69) is 39.3 Å². The van der Waals surface area contributed by atoms with Crippen molar-refractivity contribution in [2.75, 3.05) is 12.8 Å². The van der Waals surface area contributed by atoms with Gasteiger partial charge < -0.3 is 5.32 Å². The number of hydrogen-bond donors (Lipinski definition) is 1. The molecule has 17 heavy (non-hydrogen) atoms. The second-order valence-electron chi connectivity index (χ2n) is 5.89. The Balaban J connectivity index is 2.52. The summed E-state index contributed by atoms with van der Waals surface area (Å²) in [6.07, 6.45) is 9.05. The molecule has 0 spiro atoms. The van der Waals surface area contributed by atoms with Gasteiger partial charge in [-0.25, -0.2) is 0 Å². The lowest BCUT2D eigenvalue weighted by Crippen LogP contribution is -2.48. The quantitative estimate of drug-likeness (QED) is 0.760. The SMILES string of the molecule is CCC(CC)(CNC1C(C)CCCC1C)SC. The van der Waals surface area contributed by atoms with Crippen LogP contribution in [0.4, 0.5) is 0 Å². The maximum atomic E-state index is 3.89. The van der Waals surface area contributed by atoms with Crippen LogP contribution in [-0.2, 0) is 0 Å². The number of thioether (sulfide) groups is 1. The molecular weight excluding hydrogens is 226 g/mol. The van der Waals surface area contributed by atoms with Crippen molar-refractivity contribution in [2.45, 2.75) is 70.6 Å². The largest absolute Gasteiger partial charge is 0.312 e. The van der Waals surface area contributed by atoms with E-state index in [1.54, 1.807) is 0 Å². The summed E-state index contributed by atoms with van der Waals surface area (Å²) < 4.78 is 0.455. The van der Waals surface area contributed by atoms with Crippen LogP contribution in [0.15, 0.2) is 0 Å². The summed E-state index contributed by atoms with van der Waals surface area (Å²) >= 11 is 2.05. The molecule has 1 aliphatic rings. The summed E-state index contributed by atoms with van der Waals surface area (Å²) in [5, 5.41) is 3.89. The molecule has 1 nitrogen and oxygen atoms in total. The molecule has 0 aromatic rings. The van der Waals surface area contributed by atoms with Gasteiger partial charge in [-0.2, -0.15) is 11.8 Å². The summed E-state index contributed by atoms with van der Waals surface area (Å²) in [5.74, 6) is 1.71. The molecule has 2 heteroatoms. The Hall–Kier alpha value is 0.310. The molecule has 0 aliphatic heterocycles. The molecule has 0 bridgehead atoms. The van der Waals surface area contributed by atoms with E-state index in [-0.39, 0.29) is 0 Å². The summed E-state index contributed by atoms with van der Waals surface area (Å²) in [4.78, 5) is 0. The zero-order chi connectivity index (χ0) is 12.9. The van der Waals surface area contributed by atoms with Crippen LogP contribution in [0.2, 0.25) is 0 Å². The van der Waals surface area contributed by atoms with E-state index in [4.69, 9.17) is 0 Å². The molecule has 0 aromatic heterocycles. The normalized spacial score (nSPS) is 30.5.